The molecule has 0 aliphatic carbocycles. The van der Waals surface area contributed by atoms with Crippen molar-refractivity contribution >= 4 is 17.3 Å². The Hall–Kier alpha value is -1.88. The molecule has 0 saturated heterocycles. The summed E-state index contributed by atoms with van der Waals surface area (Å²) in [6, 6.07) is 10.0. The predicted molar refractivity (Wildman–Crippen MR) is 76.9 cm³/mol. The van der Waals surface area contributed by atoms with Crippen LogP contribution in [0.4, 0.5) is 18.9 Å². The summed E-state index contributed by atoms with van der Waals surface area (Å²) in [7, 11) is 1.49. The van der Waals surface area contributed by atoms with Crippen LogP contribution in [0.15, 0.2) is 48.5 Å². The highest BCUT2D eigenvalue weighted by atomic mass is 35.5. The molecule has 112 valence electrons. The molecule has 0 unspecified atom stereocenters. The largest absolute Gasteiger partial charge is 0.497 e. The van der Waals surface area contributed by atoms with Crippen molar-refractivity contribution in [2.24, 2.45) is 0 Å². The fourth-order valence-corrected chi connectivity index (χ4v) is 1.99. The molecule has 0 fully saturated rings. The summed E-state index contributed by atoms with van der Waals surface area (Å²) in [6.07, 6.45) is -4.42. The van der Waals surface area contributed by atoms with E-state index >= 15 is 0 Å². The standard InChI is InChI=1S/C15H13ClF3NO/c1-21-13-8-6-12(7-9-13)20-14(15(17,18)19)10-2-4-11(16)5-3-10/h2-9,14,20H,1H3/t14-/m0/s1. The first-order valence-corrected chi connectivity index (χ1v) is 6.51. The van der Waals surface area contributed by atoms with Crippen molar-refractivity contribution in [2.75, 3.05) is 12.4 Å². The SMILES string of the molecule is COc1ccc(N[C@@H](c2ccc(Cl)cc2)C(F)(F)F)cc1. The van der Waals surface area contributed by atoms with Crippen LogP contribution in [-0.4, -0.2) is 13.3 Å². The number of ether oxygens (including phenoxy) is 1. The first-order valence-electron chi connectivity index (χ1n) is 6.13. The van der Waals surface area contributed by atoms with E-state index in [1.807, 2.05) is 0 Å². The van der Waals surface area contributed by atoms with Crippen molar-refractivity contribution in [1.29, 1.82) is 0 Å². The predicted octanol–water partition coefficient (Wildman–Crippen LogP) is 5.06. The monoisotopic (exact) mass is 315 g/mol. The number of alkyl halides is 3. The summed E-state index contributed by atoms with van der Waals surface area (Å²) in [4.78, 5) is 0. The molecule has 0 bridgehead atoms. The summed E-state index contributed by atoms with van der Waals surface area (Å²) in [6.45, 7) is 0. The maximum absolute atomic E-state index is 13.2. The van der Waals surface area contributed by atoms with Crippen LogP contribution in [0.5, 0.6) is 5.75 Å². The average Bonchev–Trinajstić information content (AvgIpc) is 2.45. The maximum Gasteiger partial charge on any atom is 0.412 e. The van der Waals surface area contributed by atoms with Crippen LogP contribution < -0.4 is 10.1 Å². The van der Waals surface area contributed by atoms with Gasteiger partial charge in [0, 0.05) is 10.7 Å². The van der Waals surface area contributed by atoms with Crippen molar-refractivity contribution in [3.05, 3.63) is 59.1 Å². The lowest BCUT2D eigenvalue weighted by Crippen LogP contribution is -2.27. The zero-order chi connectivity index (χ0) is 15.5. The van der Waals surface area contributed by atoms with Crippen LogP contribution >= 0.6 is 11.6 Å². The van der Waals surface area contributed by atoms with Crippen LogP contribution in [0.3, 0.4) is 0 Å². The van der Waals surface area contributed by atoms with Gasteiger partial charge in [0.05, 0.1) is 7.11 Å². The molecule has 0 aliphatic rings. The van der Waals surface area contributed by atoms with Gasteiger partial charge in [-0.3, -0.25) is 0 Å². The van der Waals surface area contributed by atoms with Crippen LogP contribution in [0, 0.1) is 0 Å². The van der Waals surface area contributed by atoms with E-state index in [2.05, 4.69) is 5.32 Å². The number of nitrogens with one attached hydrogen (secondary N) is 1. The Morgan fingerprint density at radius 2 is 1.57 bits per heavy atom. The fraction of sp³-hybridized carbons (Fsp3) is 0.200. The van der Waals surface area contributed by atoms with E-state index in [1.54, 1.807) is 12.1 Å². The number of hydrogen-bond donors (Lipinski definition) is 1. The average molecular weight is 316 g/mol. The van der Waals surface area contributed by atoms with Gasteiger partial charge in [-0.25, -0.2) is 0 Å². The van der Waals surface area contributed by atoms with E-state index in [9.17, 15) is 13.2 Å². The minimum absolute atomic E-state index is 0.0997. The minimum Gasteiger partial charge on any atom is -0.497 e. The van der Waals surface area contributed by atoms with Crippen molar-refractivity contribution in [1.82, 2.24) is 0 Å². The Kier molecular flexibility index (Phi) is 4.63. The number of anilines is 1. The molecule has 1 N–H and O–H groups in total. The van der Waals surface area contributed by atoms with Gasteiger partial charge in [0.2, 0.25) is 0 Å². The van der Waals surface area contributed by atoms with E-state index in [0.717, 1.165) is 0 Å². The third-order valence-corrected chi connectivity index (χ3v) is 3.18. The van der Waals surface area contributed by atoms with Gasteiger partial charge >= 0.3 is 6.18 Å². The molecule has 6 heteroatoms. The van der Waals surface area contributed by atoms with Gasteiger partial charge < -0.3 is 10.1 Å². The molecule has 0 amide bonds. The van der Waals surface area contributed by atoms with Gasteiger partial charge in [-0.15, -0.1) is 0 Å². The van der Waals surface area contributed by atoms with Gasteiger partial charge in [0.15, 0.2) is 0 Å². The van der Waals surface area contributed by atoms with Gasteiger partial charge in [0.1, 0.15) is 11.8 Å². The van der Waals surface area contributed by atoms with E-state index in [0.29, 0.717) is 16.5 Å². The highest BCUT2D eigenvalue weighted by molar-refractivity contribution is 6.30. The molecule has 2 rings (SSSR count). The van der Waals surface area contributed by atoms with Gasteiger partial charge in [-0.1, -0.05) is 23.7 Å². The Bertz CT molecular complexity index is 581. The third-order valence-electron chi connectivity index (χ3n) is 2.93. The highest BCUT2D eigenvalue weighted by Crippen LogP contribution is 2.36. The summed E-state index contributed by atoms with van der Waals surface area (Å²) >= 11 is 5.71. The Labute approximate surface area is 125 Å². The molecule has 1 atom stereocenters. The molecule has 21 heavy (non-hydrogen) atoms. The van der Waals surface area contributed by atoms with Crippen molar-refractivity contribution in [3.63, 3.8) is 0 Å². The smallest absolute Gasteiger partial charge is 0.412 e. The quantitative estimate of drug-likeness (QED) is 0.851. The molecule has 0 aromatic heterocycles. The van der Waals surface area contributed by atoms with Crippen LogP contribution in [-0.2, 0) is 0 Å². The van der Waals surface area contributed by atoms with E-state index < -0.39 is 12.2 Å². The molecule has 0 aliphatic heterocycles. The molecular formula is C15H13ClF3NO. The van der Waals surface area contributed by atoms with Crippen LogP contribution in [0.2, 0.25) is 5.02 Å². The van der Waals surface area contributed by atoms with Gasteiger partial charge in [0.25, 0.3) is 0 Å². The molecule has 2 nitrogen and oxygen atoms in total. The second kappa shape index (κ2) is 6.26. The van der Waals surface area contributed by atoms with Crippen molar-refractivity contribution < 1.29 is 17.9 Å². The van der Waals surface area contributed by atoms with E-state index in [1.165, 1.54) is 43.5 Å². The second-order valence-electron chi connectivity index (χ2n) is 4.40. The van der Waals surface area contributed by atoms with E-state index in [-0.39, 0.29) is 5.56 Å². The summed E-state index contributed by atoms with van der Waals surface area (Å²) in [5.41, 5.74) is 0.454. The Balaban J connectivity index is 2.26. The van der Waals surface area contributed by atoms with E-state index in [4.69, 9.17) is 16.3 Å². The fourth-order valence-electron chi connectivity index (χ4n) is 1.86. The summed E-state index contributed by atoms with van der Waals surface area (Å²) < 4.78 is 44.6. The number of rotatable bonds is 4. The molecule has 2 aromatic carbocycles. The summed E-state index contributed by atoms with van der Waals surface area (Å²) in [5.74, 6) is 0.579. The van der Waals surface area contributed by atoms with Crippen molar-refractivity contribution in [2.45, 2.75) is 12.2 Å². The normalized spacial score (nSPS) is 12.8. The third kappa shape index (κ3) is 4.04. The number of benzene rings is 2. The van der Waals surface area contributed by atoms with Gasteiger partial charge in [-0.2, -0.15) is 13.2 Å². The topological polar surface area (TPSA) is 21.3 Å². The molecule has 2 aromatic rings. The molecular weight excluding hydrogens is 303 g/mol. The minimum atomic E-state index is -4.42. The maximum atomic E-state index is 13.2. The Morgan fingerprint density at radius 3 is 2.05 bits per heavy atom. The lowest BCUT2D eigenvalue weighted by Gasteiger charge is -2.23. The lowest BCUT2D eigenvalue weighted by molar-refractivity contribution is -0.144. The number of hydrogen-bond acceptors (Lipinski definition) is 2. The lowest BCUT2D eigenvalue weighted by atomic mass is 10.1. The molecule has 0 radical (unpaired) electrons. The molecule has 0 saturated carbocycles. The van der Waals surface area contributed by atoms with Crippen LogP contribution in [0.1, 0.15) is 11.6 Å². The van der Waals surface area contributed by atoms with Crippen molar-refractivity contribution in [3.8, 4) is 5.75 Å². The molecule has 0 heterocycles. The Morgan fingerprint density at radius 1 is 1.00 bits per heavy atom. The number of halogens is 4. The first kappa shape index (κ1) is 15.5. The second-order valence-corrected chi connectivity index (χ2v) is 4.84. The number of methoxy groups -OCH3 is 1. The first-order chi connectivity index (χ1) is 9.90. The van der Waals surface area contributed by atoms with Gasteiger partial charge in [-0.05, 0) is 42.0 Å². The zero-order valence-electron chi connectivity index (χ0n) is 11.1. The zero-order valence-corrected chi connectivity index (χ0v) is 11.9. The highest BCUT2D eigenvalue weighted by Gasteiger charge is 2.40. The van der Waals surface area contributed by atoms with Crippen LogP contribution in [0.25, 0.3) is 0 Å². The summed E-state index contributed by atoms with van der Waals surface area (Å²) in [5, 5.41) is 2.88. The molecule has 0 spiro atoms.